The van der Waals surface area contributed by atoms with E-state index in [0.717, 1.165) is 30.4 Å². The first-order valence-electron chi connectivity index (χ1n) is 7.84. The van der Waals surface area contributed by atoms with Gasteiger partial charge in [0.15, 0.2) is 0 Å². The van der Waals surface area contributed by atoms with Crippen LogP contribution in [0.3, 0.4) is 0 Å². The summed E-state index contributed by atoms with van der Waals surface area (Å²) in [5, 5.41) is 3.08. The van der Waals surface area contributed by atoms with Crippen LogP contribution in [0.5, 0.6) is 0 Å². The van der Waals surface area contributed by atoms with E-state index in [2.05, 4.69) is 16.4 Å². The molecular formula is C19H19FN2O. The van der Waals surface area contributed by atoms with Crippen molar-refractivity contribution in [2.75, 3.05) is 0 Å². The number of allylic oxidation sites excluding steroid dienone is 1. The summed E-state index contributed by atoms with van der Waals surface area (Å²) in [5.41, 5.74) is 3.26. The van der Waals surface area contributed by atoms with Gasteiger partial charge in [0.05, 0.1) is 6.42 Å². The lowest BCUT2D eigenvalue weighted by molar-refractivity contribution is -0.121. The minimum Gasteiger partial charge on any atom is -0.353 e. The number of carbonyl (C=O) groups is 1. The highest BCUT2D eigenvalue weighted by Crippen LogP contribution is 2.27. The number of hydrogen-bond donors (Lipinski definition) is 1. The van der Waals surface area contributed by atoms with Crippen molar-refractivity contribution >= 4 is 11.5 Å². The molecule has 0 aliphatic heterocycles. The molecule has 3 rings (SSSR count). The minimum absolute atomic E-state index is 0.0415. The van der Waals surface area contributed by atoms with Gasteiger partial charge in [-0.1, -0.05) is 18.2 Å². The van der Waals surface area contributed by atoms with Gasteiger partial charge >= 0.3 is 0 Å². The van der Waals surface area contributed by atoms with Crippen LogP contribution in [-0.2, 0) is 11.2 Å². The fourth-order valence-corrected chi connectivity index (χ4v) is 2.86. The molecule has 1 aliphatic carbocycles. The molecule has 118 valence electrons. The topological polar surface area (TPSA) is 42.0 Å². The zero-order valence-electron chi connectivity index (χ0n) is 12.8. The largest absolute Gasteiger partial charge is 0.353 e. The van der Waals surface area contributed by atoms with Gasteiger partial charge in [-0.3, -0.25) is 9.78 Å². The Hall–Kier alpha value is -2.49. The predicted molar refractivity (Wildman–Crippen MR) is 88.1 cm³/mol. The van der Waals surface area contributed by atoms with Crippen molar-refractivity contribution in [3.05, 3.63) is 71.8 Å². The van der Waals surface area contributed by atoms with E-state index in [0.29, 0.717) is 6.42 Å². The van der Waals surface area contributed by atoms with E-state index in [-0.39, 0.29) is 17.8 Å². The Morgan fingerprint density at radius 1 is 1.17 bits per heavy atom. The molecule has 1 aromatic heterocycles. The Bertz CT molecular complexity index is 695. The van der Waals surface area contributed by atoms with Crippen molar-refractivity contribution in [2.45, 2.75) is 31.7 Å². The third-order valence-electron chi connectivity index (χ3n) is 4.11. The lowest BCUT2D eigenvalue weighted by atomic mass is 9.90. The molecule has 4 heteroatoms. The maximum absolute atomic E-state index is 13.0. The summed E-state index contributed by atoms with van der Waals surface area (Å²) in [4.78, 5) is 16.0. The van der Waals surface area contributed by atoms with Crippen molar-refractivity contribution in [1.82, 2.24) is 10.3 Å². The SMILES string of the molecule is O=C(Cc1ccncc1)N[C@H]1CC=C(c2ccc(F)cc2)CC1. The number of amides is 1. The summed E-state index contributed by atoms with van der Waals surface area (Å²) in [6.45, 7) is 0. The average molecular weight is 310 g/mol. The number of pyridine rings is 1. The van der Waals surface area contributed by atoms with Crippen molar-refractivity contribution in [2.24, 2.45) is 0 Å². The molecule has 0 saturated carbocycles. The number of rotatable bonds is 4. The number of benzene rings is 1. The second kappa shape index (κ2) is 7.18. The molecule has 0 saturated heterocycles. The molecule has 0 fully saturated rings. The summed E-state index contributed by atoms with van der Waals surface area (Å²) in [5.74, 6) is -0.175. The monoisotopic (exact) mass is 310 g/mol. The molecule has 0 unspecified atom stereocenters. The summed E-state index contributed by atoms with van der Waals surface area (Å²) in [7, 11) is 0. The van der Waals surface area contributed by atoms with Crippen LogP contribution < -0.4 is 5.32 Å². The van der Waals surface area contributed by atoms with Gasteiger partial charge in [-0.2, -0.15) is 0 Å². The molecule has 1 heterocycles. The first kappa shape index (κ1) is 15.4. The van der Waals surface area contributed by atoms with Crippen LogP contribution in [0.4, 0.5) is 4.39 Å². The second-order valence-electron chi connectivity index (χ2n) is 5.81. The quantitative estimate of drug-likeness (QED) is 0.939. The Labute approximate surface area is 135 Å². The third-order valence-corrected chi connectivity index (χ3v) is 4.11. The van der Waals surface area contributed by atoms with Crippen molar-refractivity contribution in [3.8, 4) is 0 Å². The first-order chi connectivity index (χ1) is 11.2. The number of nitrogens with zero attached hydrogens (tertiary/aromatic N) is 1. The smallest absolute Gasteiger partial charge is 0.224 e. The van der Waals surface area contributed by atoms with Crippen LogP contribution in [0.2, 0.25) is 0 Å². The molecule has 1 N–H and O–H groups in total. The highest BCUT2D eigenvalue weighted by molar-refractivity contribution is 5.79. The van der Waals surface area contributed by atoms with E-state index in [1.54, 1.807) is 12.4 Å². The molecule has 0 radical (unpaired) electrons. The van der Waals surface area contributed by atoms with Crippen molar-refractivity contribution in [1.29, 1.82) is 0 Å². The zero-order chi connectivity index (χ0) is 16.1. The summed E-state index contributed by atoms with van der Waals surface area (Å²) < 4.78 is 13.0. The summed E-state index contributed by atoms with van der Waals surface area (Å²) >= 11 is 0. The number of aromatic nitrogens is 1. The van der Waals surface area contributed by atoms with Crippen molar-refractivity contribution < 1.29 is 9.18 Å². The Morgan fingerprint density at radius 3 is 2.57 bits per heavy atom. The normalized spacial score (nSPS) is 17.4. The van der Waals surface area contributed by atoms with E-state index in [1.807, 2.05) is 24.3 Å². The molecule has 0 spiro atoms. The van der Waals surface area contributed by atoms with Gasteiger partial charge in [0.25, 0.3) is 0 Å². The van der Waals surface area contributed by atoms with Crippen LogP contribution in [0.25, 0.3) is 5.57 Å². The van der Waals surface area contributed by atoms with Crippen molar-refractivity contribution in [3.63, 3.8) is 0 Å². The maximum Gasteiger partial charge on any atom is 0.224 e. The minimum atomic E-state index is -0.216. The highest BCUT2D eigenvalue weighted by atomic mass is 19.1. The molecule has 1 aromatic carbocycles. The van der Waals surface area contributed by atoms with E-state index in [4.69, 9.17) is 0 Å². The van der Waals surface area contributed by atoms with Gasteiger partial charge in [-0.25, -0.2) is 4.39 Å². The van der Waals surface area contributed by atoms with Crippen LogP contribution >= 0.6 is 0 Å². The van der Waals surface area contributed by atoms with Gasteiger partial charge in [-0.05, 0) is 60.2 Å². The van der Waals surface area contributed by atoms with Gasteiger partial charge < -0.3 is 5.32 Å². The van der Waals surface area contributed by atoms with E-state index in [9.17, 15) is 9.18 Å². The second-order valence-corrected chi connectivity index (χ2v) is 5.81. The van der Waals surface area contributed by atoms with E-state index >= 15 is 0 Å². The van der Waals surface area contributed by atoms with Gasteiger partial charge in [0.1, 0.15) is 5.82 Å². The molecular weight excluding hydrogens is 291 g/mol. The van der Waals surface area contributed by atoms with Crippen LogP contribution in [-0.4, -0.2) is 16.9 Å². The predicted octanol–water partition coefficient (Wildman–Crippen LogP) is 3.52. The summed E-state index contributed by atoms with van der Waals surface area (Å²) in [6.07, 6.45) is 8.54. The molecule has 1 aliphatic rings. The Balaban J connectivity index is 1.54. The Kier molecular flexibility index (Phi) is 4.81. The lowest BCUT2D eigenvalue weighted by Crippen LogP contribution is -2.36. The maximum atomic E-state index is 13.0. The molecule has 1 atom stereocenters. The number of halogens is 1. The highest BCUT2D eigenvalue weighted by Gasteiger charge is 2.17. The molecule has 3 nitrogen and oxygen atoms in total. The average Bonchev–Trinajstić information content (AvgIpc) is 2.57. The van der Waals surface area contributed by atoms with Gasteiger partial charge in [0.2, 0.25) is 5.91 Å². The first-order valence-corrected chi connectivity index (χ1v) is 7.84. The van der Waals surface area contributed by atoms with Gasteiger partial charge in [0, 0.05) is 18.4 Å². The zero-order valence-corrected chi connectivity index (χ0v) is 12.8. The van der Waals surface area contributed by atoms with Crippen LogP contribution in [0.1, 0.15) is 30.4 Å². The molecule has 0 bridgehead atoms. The molecule has 2 aromatic rings. The number of carbonyl (C=O) groups excluding carboxylic acids is 1. The third kappa shape index (κ3) is 4.25. The van der Waals surface area contributed by atoms with Crippen LogP contribution in [0.15, 0.2) is 54.9 Å². The molecule has 23 heavy (non-hydrogen) atoms. The fraction of sp³-hybridized carbons (Fsp3) is 0.263. The lowest BCUT2D eigenvalue weighted by Gasteiger charge is -2.23. The van der Waals surface area contributed by atoms with E-state index in [1.165, 1.54) is 17.7 Å². The van der Waals surface area contributed by atoms with Crippen LogP contribution in [0, 0.1) is 5.82 Å². The Morgan fingerprint density at radius 2 is 1.91 bits per heavy atom. The van der Waals surface area contributed by atoms with Gasteiger partial charge in [-0.15, -0.1) is 0 Å². The van der Waals surface area contributed by atoms with E-state index < -0.39 is 0 Å². The standard InChI is InChI=1S/C19H19FN2O/c20-17-5-1-15(2-6-17)16-3-7-18(8-4-16)22-19(23)13-14-9-11-21-12-10-14/h1-3,5-6,9-12,18H,4,7-8,13H2,(H,22,23)/t18-/m0/s1. The fourth-order valence-electron chi connectivity index (χ4n) is 2.86. The molecule has 1 amide bonds. The number of nitrogens with one attached hydrogen (secondary N) is 1. The summed E-state index contributed by atoms with van der Waals surface area (Å²) in [6, 6.07) is 10.5. The number of hydrogen-bond acceptors (Lipinski definition) is 2.